The Bertz CT molecular complexity index is 353. The van der Waals surface area contributed by atoms with Crippen LogP contribution in [0.1, 0.15) is 44.9 Å². The van der Waals surface area contributed by atoms with Crippen molar-refractivity contribution in [2.75, 3.05) is 7.05 Å². The highest BCUT2D eigenvalue weighted by Gasteiger charge is 2.31. The van der Waals surface area contributed by atoms with E-state index < -0.39 is 0 Å². The van der Waals surface area contributed by atoms with Gasteiger partial charge in [0.2, 0.25) is 0 Å². The average molecular weight is 300 g/mol. The van der Waals surface area contributed by atoms with Crippen molar-refractivity contribution in [1.29, 1.82) is 0 Å². The topological polar surface area (TPSA) is 25.2 Å². The molecular formula is C14H22BrNO. The van der Waals surface area contributed by atoms with Crippen LogP contribution in [-0.2, 0) is 0 Å². The Labute approximate surface area is 112 Å². The highest BCUT2D eigenvalue weighted by atomic mass is 79.9. The van der Waals surface area contributed by atoms with Gasteiger partial charge in [-0.25, -0.2) is 0 Å². The number of nitrogens with one attached hydrogen (secondary N) is 1. The van der Waals surface area contributed by atoms with Crippen molar-refractivity contribution in [2.45, 2.75) is 39.2 Å². The molecule has 3 heteroatoms. The Kier molecular flexibility index (Phi) is 4.31. The summed E-state index contributed by atoms with van der Waals surface area (Å²) in [7, 11) is 2.03. The second-order valence-electron chi connectivity index (χ2n) is 5.59. The second-order valence-corrected chi connectivity index (χ2v) is 6.37. The third-order valence-electron chi connectivity index (χ3n) is 3.90. The van der Waals surface area contributed by atoms with Crippen LogP contribution in [-0.4, -0.2) is 7.05 Å². The molecule has 0 spiro atoms. The van der Waals surface area contributed by atoms with Crippen LogP contribution in [0.15, 0.2) is 21.2 Å². The fourth-order valence-corrected chi connectivity index (χ4v) is 3.71. The van der Waals surface area contributed by atoms with E-state index in [2.05, 4.69) is 41.2 Å². The standard InChI is InChI=1S/C14H22BrNO/c1-9-6-10(2)8-11(7-9)14(16-3)12-4-5-13(15)17-12/h4-5,9-11,14,16H,6-8H2,1-3H3. The quantitative estimate of drug-likeness (QED) is 0.896. The molecule has 17 heavy (non-hydrogen) atoms. The van der Waals surface area contributed by atoms with Crippen molar-refractivity contribution in [1.82, 2.24) is 5.32 Å². The summed E-state index contributed by atoms with van der Waals surface area (Å²) in [5, 5.41) is 3.43. The van der Waals surface area contributed by atoms with E-state index in [1.54, 1.807) is 0 Å². The van der Waals surface area contributed by atoms with Crippen LogP contribution in [0, 0.1) is 17.8 Å². The summed E-state index contributed by atoms with van der Waals surface area (Å²) in [6.45, 7) is 4.74. The van der Waals surface area contributed by atoms with Gasteiger partial charge in [-0.1, -0.05) is 13.8 Å². The smallest absolute Gasteiger partial charge is 0.169 e. The third kappa shape index (κ3) is 3.14. The van der Waals surface area contributed by atoms with E-state index in [1.165, 1.54) is 19.3 Å². The average Bonchev–Trinajstić information content (AvgIpc) is 2.64. The molecule has 0 radical (unpaired) electrons. The Morgan fingerprint density at radius 1 is 1.24 bits per heavy atom. The summed E-state index contributed by atoms with van der Waals surface area (Å²) in [5.41, 5.74) is 0. The lowest BCUT2D eigenvalue weighted by molar-refractivity contribution is 0.168. The lowest BCUT2D eigenvalue weighted by Gasteiger charge is -2.35. The fourth-order valence-electron chi connectivity index (χ4n) is 3.39. The molecule has 0 saturated heterocycles. The van der Waals surface area contributed by atoms with Crippen molar-refractivity contribution in [3.63, 3.8) is 0 Å². The molecular weight excluding hydrogens is 278 g/mol. The molecule has 0 aliphatic heterocycles. The van der Waals surface area contributed by atoms with Gasteiger partial charge < -0.3 is 9.73 Å². The van der Waals surface area contributed by atoms with Crippen LogP contribution in [0.2, 0.25) is 0 Å². The molecule has 0 bridgehead atoms. The summed E-state index contributed by atoms with van der Waals surface area (Å²) in [4.78, 5) is 0. The Hall–Kier alpha value is -0.280. The highest BCUT2D eigenvalue weighted by Crippen LogP contribution is 2.40. The molecule has 1 fully saturated rings. The van der Waals surface area contributed by atoms with Gasteiger partial charge in [0, 0.05) is 0 Å². The predicted molar refractivity (Wildman–Crippen MR) is 73.9 cm³/mol. The Balaban J connectivity index is 2.12. The van der Waals surface area contributed by atoms with E-state index in [0.717, 1.165) is 22.3 Å². The van der Waals surface area contributed by atoms with Crippen LogP contribution in [0.4, 0.5) is 0 Å². The maximum absolute atomic E-state index is 5.71. The predicted octanol–water partition coefficient (Wildman–Crippen LogP) is 4.37. The molecule has 1 aromatic rings. The molecule has 1 aliphatic carbocycles. The van der Waals surface area contributed by atoms with E-state index in [4.69, 9.17) is 4.42 Å². The minimum Gasteiger partial charge on any atom is -0.453 e. The van der Waals surface area contributed by atoms with Gasteiger partial charge in [-0.05, 0) is 72.1 Å². The molecule has 3 atom stereocenters. The van der Waals surface area contributed by atoms with Crippen LogP contribution in [0.25, 0.3) is 0 Å². The molecule has 1 aliphatic rings. The molecule has 96 valence electrons. The van der Waals surface area contributed by atoms with E-state index >= 15 is 0 Å². The first-order valence-corrected chi connectivity index (χ1v) is 7.32. The summed E-state index contributed by atoms with van der Waals surface area (Å²) < 4.78 is 6.54. The molecule has 1 heterocycles. The first-order valence-electron chi connectivity index (χ1n) is 6.52. The largest absolute Gasteiger partial charge is 0.453 e. The van der Waals surface area contributed by atoms with Gasteiger partial charge >= 0.3 is 0 Å². The van der Waals surface area contributed by atoms with Gasteiger partial charge in [-0.2, -0.15) is 0 Å². The highest BCUT2D eigenvalue weighted by molar-refractivity contribution is 9.10. The van der Waals surface area contributed by atoms with Crippen molar-refractivity contribution < 1.29 is 4.42 Å². The molecule has 0 aromatic carbocycles. The van der Waals surface area contributed by atoms with Gasteiger partial charge in [0.15, 0.2) is 4.67 Å². The minimum absolute atomic E-state index is 0.353. The van der Waals surface area contributed by atoms with Gasteiger partial charge in [-0.15, -0.1) is 0 Å². The lowest BCUT2D eigenvalue weighted by atomic mass is 9.73. The molecule has 1 N–H and O–H groups in total. The molecule has 0 amide bonds. The maximum Gasteiger partial charge on any atom is 0.169 e. The molecule has 3 unspecified atom stereocenters. The summed E-state index contributed by atoms with van der Waals surface area (Å²) in [5.74, 6) is 3.42. The second kappa shape index (κ2) is 5.57. The summed E-state index contributed by atoms with van der Waals surface area (Å²) in [6.07, 6.45) is 3.97. The summed E-state index contributed by atoms with van der Waals surface area (Å²) in [6, 6.07) is 4.41. The van der Waals surface area contributed by atoms with Crippen molar-refractivity contribution in [3.8, 4) is 0 Å². The van der Waals surface area contributed by atoms with E-state index in [1.807, 2.05) is 13.1 Å². The maximum atomic E-state index is 5.71. The molecule has 2 rings (SSSR count). The zero-order valence-electron chi connectivity index (χ0n) is 10.9. The van der Waals surface area contributed by atoms with E-state index in [-0.39, 0.29) is 0 Å². The third-order valence-corrected chi connectivity index (χ3v) is 4.32. The first-order chi connectivity index (χ1) is 8.10. The van der Waals surface area contributed by atoms with Gasteiger partial charge in [-0.3, -0.25) is 0 Å². The Morgan fingerprint density at radius 3 is 2.35 bits per heavy atom. The zero-order chi connectivity index (χ0) is 12.4. The molecule has 2 nitrogen and oxygen atoms in total. The number of hydrogen-bond donors (Lipinski definition) is 1. The monoisotopic (exact) mass is 299 g/mol. The Morgan fingerprint density at radius 2 is 1.88 bits per heavy atom. The van der Waals surface area contributed by atoms with Crippen LogP contribution in [0.3, 0.4) is 0 Å². The number of rotatable bonds is 3. The van der Waals surface area contributed by atoms with Crippen molar-refractivity contribution >= 4 is 15.9 Å². The van der Waals surface area contributed by atoms with Crippen LogP contribution in [0.5, 0.6) is 0 Å². The number of furan rings is 1. The van der Waals surface area contributed by atoms with Crippen LogP contribution >= 0.6 is 15.9 Å². The molecule has 1 saturated carbocycles. The molecule has 1 aromatic heterocycles. The first kappa shape index (κ1) is 13.2. The van der Waals surface area contributed by atoms with Crippen molar-refractivity contribution in [2.24, 2.45) is 17.8 Å². The van der Waals surface area contributed by atoms with Gasteiger partial charge in [0.25, 0.3) is 0 Å². The van der Waals surface area contributed by atoms with Gasteiger partial charge in [0.05, 0.1) is 6.04 Å². The summed E-state index contributed by atoms with van der Waals surface area (Å²) >= 11 is 3.38. The zero-order valence-corrected chi connectivity index (χ0v) is 12.5. The SMILES string of the molecule is CNC(c1ccc(Br)o1)C1CC(C)CC(C)C1. The van der Waals surface area contributed by atoms with Crippen LogP contribution < -0.4 is 5.32 Å². The van der Waals surface area contributed by atoms with Gasteiger partial charge in [0.1, 0.15) is 5.76 Å². The van der Waals surface area contributed by atoms with Crippen molar-refractivity contribution in [3.05, 3.63) is 22.6 Å². The van der Waals surface area contributed by atoms with E-state index in [9.17, 15) is 0 Å². The fraction of sp³-hybridized carbons (Fsp3) is 0.714. The number of halogens is 1. The minimum atomic E-state index is 0.353. The lowest BCUT2D eigenvalue weighted by Crippen LogP contribution is -2.31. The van der Waals surface area contributed by atoms with E-state index in [0.29, 0.717) is 12.0 Å². The normalized spacial score (nSPS) is 31.4. The number of hydrogen-bond acceptors (Lipinski definition) is 2.